The minimum atomic E-state index is 0.153. The van der Waals surface area contributed by atoms with E-state index in [1.54, 1.807) is 0 Å². The summed E-state index contributed by atoms with van der Waals surface area (Å²) in [5.41, 5.74) is 2.18. The van der Waals surface area contributed by atoms with Gasteiger partial charge in [-0.1, -0.05) is 100 Å². The summed E-state index contributed by atoms with van der Waals surface area (Å²) in [6.07, 6.45) is 5.77. The van der Waals surface area contributed by atoms with Gasteiger partial charge in [-0.15, -0.1) is 0 Å². The van der Waals surface area contributed by atoms with Gasteiger partial charge in [0.05, 0.1) is 5.71 Å². The third kappa shape index (κ3) is 10.6. The minimum Gasteiger partial charge on any atom is -0.392 e. The maximum atomic E-state index is 5.44. The predicted molar refractivity (Wildman–Crippen MR) is 104 cm³/mol. The van der Waals surface area contributed by atoms with Crippen LogP contribution in [-0.2, 0) is 4.84 Å². The highest BCUT2D eigenvalue weighted by Crippen LogP contribution is 2.33. The van der Waals surface area contributed by atoms with E-state index in [1.165, 1.54) is 5.71 Å². The fourth-order valence-corrected chi connectivity index (χ4v) is 1.78. The van der Waals surface area contributed by atoms with Gasteiger partial charge in [0.25, 0.3) is 0 Å². The predicted octanol–water partition coefficient (Wildman–Crippen LogP) is 6.86. The molecular weight excluding hydrogens is 282 g/mol. The highest BCUT2D eigenvalue weighted by atomic mass is 16.6. The van der Waals surface area contributed by atoms with Crippen molar-refractivity contribution in [3.8, 4) is 0 Å². The van der Waals surface area contributed by atoms with Crippen LogP contribution in [0.2, 0.25) is 0 Å². The molecule has 0 aliphatic carbocycles. The van der Waals surface area contributed by atoms with Crippen molar-refractivity contribution >= 4 is 5.71 Å². The highest BCUT2D eigenvalue weighted by Gasteiger charge is 2.36. The Morgan fingerprint density at radius 3 is 1.35 bits per heavy atom. The fourth-order valence-electron chi connectivity index (χ4n) is 1.78. The van der Waals surface area contributed by atoms with Gasteiger partial charge in [0.1, 0.15) is 6.10 Å². The molecule has 1 unspecified atom stereocenters. The molecular formula is C21H41NO. The summed E-state index contributed by atoms with van der Waals surface area (Å²) in [7, 11) is 0. The van der Waals surface area contributed by atoms with E-state index in [0.29, 0.717) is 10.8 Å². The van der Waals surface area contributed by atoms with Gasteiger partial charge in [0, 0.05) is 17.3 Å². The van der Waals surface area contributed by atoms with Crippen LogP contribution < -0.4 is 0 Å². The first kappa shape index (κ1) is 22.2. The molecule has 1 aliphatic rings. The number of nitrogens with zero attached hydrogens (tertiary/aromatic N) is 1. The van der Waals surface area contributed by atoms with E-state index < -0.39 is 0 Å². The molecule has 0 fully saturated rings. The first-order chi connectivity index (χ1) is 9.92. The third-order valence-electron chi connectivity index (χ3n) is 3.58. The second-order valence-electron chi connectivity index (χ2n) is 11.0. The zero-order chi connectivity index (χ0) is 18.7. The lowest BCUT2D eigenvalue weighted by Gasteiger charge is -2.25. The van der Waals surface area contributed by atoms with Crippen LogP contribution in [-0.4, -0.2) is 11.8 Å². The summed E-state index contributed by atoms with van der Waals surface area (Å²) in [4.78, 5) is 5.44. The number of rotatable bonds is 0. The summed E-state index contributed by atoms with van der Waals surface area (Å²) >= 11 is 0. The number of hydrogen-bond donors (Lipinski definition) is 0. The Balaban J connectivity index is 0.000000438. The zero-order valence-electron chi connectivity index (χ0n) is 17.8. The molecule has 1 aliphatic heterocycles. The Labute approximate surface area is 145 Å². The van der Waals surface area contributed by atoms with E-state index in [2.05, 4.69) is 100 Å². The van der Waals surface area contributed by atoms with E-state index in [4.69, 9.17) is 4.84 Å². The Morgan fingerprint density at radius 2 is 1.17 bits per heavy atom. The molecule has 0 saturated heterocycles. The molecule has 136 valence electrons. The first-order valence-corrected chi connectivity index (χ1v) is 8.85. The molecule has 23 heavy (non-hydrogen) atoms. The molecule has 1 heterocycles. The molecule has 0 aromatic rings. The summed E-state index contributed by atoms with van der Waals surface area (Å²) in [5, 5.41) is 4.17. The number of hydrogen-bond acceptors (Lipinski definition) is 2. The lowest BCUT2D eigenvalue weighted by molar-refractivity contribution is 0.00830. The maximum Gasteiger partial charge on any atom is 0.137 e. The average Bonchev–Trinajstić information content (AvgIpc) is 2.73. The summed E-state index contributed by atoms with van der Waals surface area (Å²) in [6.45, 7) is 26.4. The van der Waals surface area contributed by atoms with E-state index >= 15 is 0 Å². The Bertz CT molecular complexity index is 401. The number of allylic oxidation sites excluding steroid dienone is 2. The van der Waals surface area contributed by atoms with Crippen LogP contribution >= 0.6 is 0 Å². The van der Waals surface area contributed by atoms with Gasteiger partial charge in [0.15, 0.2) is 0 Å². The monoisotopic (exact) mass is 323 g/mol. The Hall–Kier alpha value is -0.790. The van der Waals surface area contributed by atoms with E-state index in [0.717, 1.165) is 6.42 Å². The molecule has 0 aromatic heterocycles. The van der Waals surface area contributed by atoms with Gasteiger partial charge in [-0.05, 0) is 10.8 Å². The molecule has 0 saturated carbocycles. The first-order valence-electron chi connectivity index (χ1n) is 8.85. The van der Waals surface area contributed by atoms with Gasteiger partial charge in [-0.25, -0.2) is 0 Å². The highest BCUT2D eigenvalue weighted by molar-refractivity contribution is 5.90. The minimum absolute atomic E-state index is 0.153. The van der Waals surface area contributed by atoms with Gasteiger partial charge in [-0.3, -0.25) is 0 Å². The average molecular weight is 324 g/mol. The Kier molecular flexibility index (Phi) is 7.15. The van der Waals surface area contributed by atoms with Crippen LogP contribution in [0.3, 0.4) is 0 Å². The van der Waals surface area contributed by atoms with E-state index in [1.807, 2.05) is 0 Å². The van der Waals surface area contributed by atoms with Crippen molar-refractivity contribution in [2.75, 3.05) is 0 Å². The quantitative estimate of drug-likeness (QED) is 0.446. The van der Waals surface area contributed by atoms with Crippen LogP contribution in [0.25, 0.3) is 0 Å². The van der Waals surface area contributed by atoms with E-state index in [-0.39, 0.29) is 16.9 Å². The molecule has 0 N–H and O–H groups in total. The molecule has 2 nitrogen and oxygen atoms in total. The van der Waals surface area contributed by atoms with Crippen LogP contribution in [0, 0.1) is 21.7 Å². The van der Waals surface area contributed by atoms with Crippen molar-refractivity contribution in [1.82, 2.24) is 0 Å². The normalized spacial score (nSPS) is 20.0. The molecule has 2 heteroatoms. The summed E-state index contributed by atoms with van der Waals surface area (Å²) in [5.74, 6) is 0. The van der Waals surface area contributed by atoms with Crippen molar-refractivity contribution < 1.29 is 4.84 Å². The Morgan fingerprint density at radius 1 is 0.783 bits per heavy atom. The molecule has 0 bridgehead atoms. The lowest BCUT2D eigenvalue weighted by atomic mass is 9.81. The maximum absolute atomic E-state index is 5.44. The summed E-state index contributed by atoms with van der Waals surface area (Å²) < 4.78 is 0. The van der Waals surface area contributed by atoms with Gasteiger partial charge in [0.2, 0.25) is 0 Å². The van der Waals surface area contributed by atoms with Crippen molar-refractivity contribution in [2.24, 2.45) is 26.8 Å². The molecule has 0 spiro atoms. The van der Waals surface area contributed by atoms with Crippen LogP contribution in [0.4, 0.5) is 0 Å². The molecule has 0 amide bonds. The SMILES string of the molecule is CC(C)(C)/C=C/C(C)(C)C.CC(C)(C)C1=NOC(C(C)(C)C)C1. The summed E-state index contributed by atoms with van der Waals surface area (Å²) in [6, 6.07) is 0. The smallest absolute Gasteiger partial charge is 0.137 e. The van der Waals surface area contributed by atoms with Crippen molar-refractivity contribution in [3.63, 3.8) is 0 Å². The van der Waals surface area contributed by atoms with Gasteiger partial charge < -0.3 is 4.84 Å². The third-order valence-corrected chi connectivity index (χ3v) is 3.58. The van der Waals surface area contributed by atoms with E-state index in [9.17, 15) is 0 Å². The standard InChI is InChI=1S/C11H21NO.C10H20/c1-10(2,3)8-7-9(13-12-8)11(4,5)6;1-9(2,3)7-8-10(4,5)6/h9H,7H2,1-6H3;7-8H,1-6H3/b;8-7+. The van der Waals surface area contributed by atoms with Gasteiger partial charge >= 0.3 is 0 Å². The lowest BCUT2D eigenvalue weighted by Crippen LogP contribution is -2.28. The molecule has 0 aromatic carbocycles. The second kappa shape index (κ2) is 7.40. The van der Waals surface area contributed by atoms with Crippen LogP contribution in [0.5, 0.6) is 0 Å². The van der Waals surface area contributed by atoms with Crippen LogP contribution in [0.1, 0.15) is 89.5 Å². The molecule has 1 atom stereocenters. The second-order valence-corrected chi connectivity index (χ2v) is 11.0. The zero-order valence-corrected chi connectivity index (χ0v) is 17.8. The fraction of sp³-hybridized carbons (Fsp3) is 0.857. The largest absolute Gasteiger partial charge is 0.392 e. The molecule has 0 radical (unpaired) electrons. The van der Waals surface area contributed by atoms with Gasteiger partial charge in [-0.2, -0.15) is 0 Å². The van der Waals surface area contributed by atoms with Crippen molar-refractivity contribution in [2.45, 2.75) is 95.6 Å². The topological polar surface area (TPSA) is 21.6 Å². The molecule has 1 rings (SSSR count). The number of oxime groups is 1. The van der Waals surface area contributed by atoms with Crippen molar-refractivity contribution in [1.29, 1.82) is 0 Å². The van der Waals surface area contributed by atoms with Crippen molar-refractivity contribution in [3.05, 3.63) is 12.2 Å². The van der Waals surface area contributed by atoms with Crippen LogP contribution in [0.15, 0.2) is 17.3 Å².